The molecule has 1 heterocycles. The van der Waals surface area contributed by atoms with E-state index >= 15 is 0 Å². The van der Waals surface area contributed by atoms with Gasteiger partial charge in [-0.05, 0) is 87.5 Å². The molecule has 10 heteroatoms. The van der Waals surface area contributed by atoms with Gasteiger partial charge in [-0.15, -0.1) is 24.8 Å². The molecule has 0 saturated carbocycles. The van der Waals surface area contributed by atoms with Crippen molar-refractivity contribution in [3.8, 4) is 5.75 Å². The minimum Gasteiger partial charge on any atom is -0.494 e. The standard InChI is InChI=1S/C31H45F3N4O.2ClH/c32-31(33,34)28-16-14-27(15-17-28)25-38(30(35)36)21-9-8-20-37-22-18-26(19-23-37)11-5-2-1-3-10-24-39-29-12-6-4-7-13-29;;/h4,6-7,12-17,26H,1-3,5,8-11,18-25H2,(H3,35,36);2*1H. The lowest BCUT2D eigenvalue weighted by Crippen LogP contribution is -2.37. The van der Waals surface area contributed by atoms with Crippen LogP contribution in [0.2, 0.25) is 0 Å². The number of alkyl halides is 3. The van der Waals surface area contributed by atoms with Crippen molar-refractivity contribution < 1.29 is 17.9 Å². The molecule has 1 saturated heterocycles. The largest absolute Gasteiger partial charge is 0.494 e. The van der Waals surface area contributed by atoms with Gasteiger partial charge in [-0.1, -0.05) is 62.4 Å². The average Bonchev–Trinajstić information content (AvgIpc) is 2.93. The molecule has 41 heavy (non-hydrogen) atoms. The Labute approximate surface area is 256 Å². The fourth-order valence-electron chi connectivity index (χ4n) is 5.21. The molecule has 0 atom stereocenters. The number of hydrogen-bond acceptors (Lipinski definition) is 3. The summed E-state index contributed by atoms with van der Waals surface area (Å²) in [7, 11) is 0. The third-order valence-corrected chi connectivity index (χ3v) is 7.62. The summed E-state index contributed by atoms with van der Waals surface area (Å²) in [5.41, 5.74) is 5.80. The van der Waals surface area contributed by atoms with Crippen LogP contribution in [0.15, 0.2) is 54.6 Å². The van der Waals surface area contributed by atoms with Gasteiger partial charge in [0, 0.05) is 13.1 Å². The molecule has 3 N–H and O–H groups in total. The maximum absolute atomic E-state index is 12.8. The van der Waals surface area contributed by atoms with Crippen LogP contribution in [0.5, 0.6) is 5.75 Å². The summed E-state index contributed by atoms with van der Waals surface area (Å²) in [5, 5.41) is 7.85. The number of ether oxygens (including phenoxy) is 1. The summed E-state index contributed by atoms with van der Waals surface area (Å²) in [4.78, 5) is 4.27. The quantitative estimate of drug-likeness (QED) is 0.113. The van der Waals surface area contributed by atoms with Crippen molar-refractivity contribution >= 4 is 30.8 Å². The van der Waals surface area contributed by atoms with Gasteiger partial charge >= 0.3 is 6.18 Å². The zero-order valence-electron chi connectivity index (χ0n) is 23.9. The van der Waals surface area contributed by atoms with E-state index in [1.165, 1.54) is 57.1 Å². The van der Waals surface area contributed by atoms with Gasteiger partial charge in [-0.2, -0.15) is 13.2 Å². The number of nitrogens with two attached hydrogens (primary N) is 1. The van der Waals surface area contributed by atoms with Crippen molar-refractivity contribution in [2.45, 2.75) is 76.9 Å². The topological polar surface area (TPSA) is 65.6 Å². The molecule has 2 aromatic carbocycles. The van der Waals surface area contributed by atoms with E-state index in [0.29, 0.717) is 13.1 Å². The molecule has 1 aliphatic rings. The highest BCUT2D eigenvalue weighted by atomic mass is 35.5. The Bertz CT molecular complexity index is 956. The van der Waals surface area contributed by atoms with E-state index in [9.17, 15) is 13.2 Å². The normalized spacial score (nSPS) is 14.1. The van der Waals surface area contributed by atoms with Crippen molar-refractivity contribution in [3.05, 3.63) is 65.7 Å². The summed E-state index contributed by atoms with van der Waals surface area (Å²) in [6.07, 6.45) is 7.74. The van der Waals surface area contributed by atoms with E-state index in [-0.39, 0.29) is 30.8 Å². The number of benzene rings is 2. The van der Waals surface area contributed by atoms with Crippen molar-refractivity contribution in [3.63, 3.8) is 0 Å². The van der Waals surface area contributed by atoms with Crippen LogP contribution in [0.25, 0.3) is 0 Å². The zero-order valence-corrected chi connectivity index (χ0v) is 25.6. The molecule has 0 spiro atoms. The minimum atomic E-state index is -4.34. The van der Waals surface area contributed by atoms with Crippen LogP contribution in [0.3, 0.4) is 0 Å². The summed E-state index contributed by atoms with van der Waals surface area (Å²) < 4.78 is 44.1. The number of nitrogens with one attached hydrogen (secondary N) is 1. The lowest BCUT2D eigenvalue weighted by Gasteiger charge is -2.32. The van der Waals surface area contributed by atoms with E-state index in [4.69, 9.17) is 15.9 Å². The average molecular weight is 620 g/mol. The summed E-state index contributed by atoms with van der Waals surface area (Å²) in [5.74, 6) is 1.76. The Balaban J connectivity index is 0.00000420. The minimum absolute atomic E-state index is 0. The zero-order chi connectivity index (χ0) is 27.9. The lowest BCUT2D eigenvalue weighted by atomic mass is 9.91. The van der Waals surface area contributed by atoms with Crippen LogP contribution < -0.4 is 10.5 Å². The first kappa shape index (κ1) is 36.9. The second-order valence-corrected chi connectivity index (χ2v) is 10.7. The molecule has 2 aromatic rings. The fraction of sp³-hybridized carbons (Fsp3) is 0.581. The Morgan fingerprint density at radius 3 is 2.15 bits per heavy atom. The van der Waals surface area contributed by atoms with E-state index in [1.807, 2.05) is 30.3 Å². The Kier molecular flexibility index (Phi) is 17.9. The lowest BCUT2D eigenvalue weighted by molar-refractivity contribution is -0.137. The maximum Gasteiger partial charge on any atom is 0.416 e. The predicted molar refractivity (Wildman–Crippen MR) is 166 cm³/mol. The molecule has 232 valence electrons. The monoisotopic (exact) mass is 618 g/mol. The third-order valence-electron chi connectivity index (χ3n) is 7.62. The Morgan fingerprint density at radius 1 is 0.878 bits per heavy atom. The molecule has 5 nitrogen and oxygen atoms in total. The van der Waals surface area contributed by atoms with Crippen LogP contribution in [0.1, 0.15) is 75.3 Å². The van der Waals surface area contributed by atoms with Crippen LogP contribution in [-0.4, -0.2) is 48.5 Å². The van der Waals surface area contributed by atoms with Crippen molar-refractivity contribution in [1.29, 1.82) is 5.41 Å². The molecule has 1 aliphatic heterocycles. The number of halogens is 5. The van der Waals surface area contributed by atoms with E-state index in [2.05, 4.69) is 4.90 Å². The fourth-order valence-corrected chi connectivity index (χ4v) is 5.21. The van der Waals surface area contributed by atoms with Crippen molar-refractivity contribution in [1.82, 2.24) is 9.80 Å². The first-order chi connectivity index (χ1) is 18.8. The predicted octanol–water partition coefficient (Wildman–Crippen LogP) is 8.16. The van der Waals surface area contributed by atoms with Gasteiger partial charge in [-0.3, -0.25) is 5.41 Å². The SMILES string of the molecule is Cl.Cl.N=C(N)N(CCCCN1CCC(CCCCCCCOc2ccccc2)CC1)Cc1ccc(C(F)(F)F)cc1. The van der Waals surface area contributed by atoms with Crippen LogP contribution in [0, 0.1) is 11.3 Å². The summed E-state index contributed by atoms with van der Waals surface area (Å²) in [6, 6.07) is 15.1. The molecule has 0 unspecified atom stereocenters. The van der Waals surface area contributed by atoms with Gasteiger partial charge in [0.1, 0.15) is 5.75 Å². The van der Waals surface area contributed by atoms with Gasteiger partial charge in [0.15, 0.2) is 5.96 Å². The molecule has 0 radical (unpaired) electrons. The first-order valence-corrected chi connectivity index (χ1v) is 14.5. The van der Waals surface area contributed by atoms with Crippen LogP contribution >= 0.6 is 24.8 Å². The highest BCUT2D eigenvalue weighted by molar-refractivity contribution is 5.85. The number of guanidine groups is 1. The van der Waals surface area contributed by atoms with Crippen LogP contribution in [0.4, 0.5) is 13.2 Å². The van der Waals surface area contributed by atoms with Crippen molar-refractivity contribution in [2.75, 3.05) is 32.8 Å². The smallest absolute Gasteiger partial charge is 0.416 e. The highest BCUT2D eigenvalue weighted by Gasteiger charge is 2.30. The number of nitrogens with zero attached hydrogens (tertiary/aromatic N) is 2. The Morgan fingerprint density at radius 2 is 1.51 bits per heavy atom. The molecule has 0 amide bonds. The molecular formula is C31H47Cl2F3N4O. The molecular weight excluding hydrogens is 572 g/mol. The molecule has 0 aromatic heterocycles. The molecule has 3 rings (SSSR count). The number of hydrogen-bond donors (Lipinski definition) is 2. The molecule has 0 aliphatic carbocycles. The summed E-state index contributed by atoms with van der Waals surface area (Å²) in [6.45, 7) is 5.14. The second-order valence-electron chi connectivity index (χ2n) is 10.7. The molecule has 0 bridgehead atoms. The van der Waals surface area contributed by atoms with E-state index in [1.54, 1.807) is 4.90 Å². The van der Waals surface area contributed by atoms with Gasteiger partial charge in [0.25, 0.3) is 0 Å². The number of rotatable bonds is 16. The molecule has 1 fully saturated rings. The first-order valence-electron chi connectivity index (χ1n) is 14.5. The van der Waals surface area contributed by atoms with Gasteiger partial charge < -0.3 is 20.3 Å². The van der Waals surface area contributed by atoms with Crippen LogP contribution in [-0.2, 0) is 12.7 Å². The number of piperidine rings is 1. The van der Waals surface area contributed by atoms with E-state index < -0.39 is 11.7 Å². The highest BCUT2D eigenvalue weighted by Crippen LogP contribution is 2.29. The van der Waals surface area contributed by atoms with Gasteiger partial charge in [0.05, 0.1) is 12.2 Å². The second kappa shape index (κ2) is 19.9. The van der Waals surface area contributed by atoms with E-state index in [0.717, 1.165) is 74.9 Å². The van der Waals surface area contributed by atoms with Gasteiger partial charge in [0.2, 0.25) is 0 Å². The number of likely N-dealkylation sites (tertiary alicyclic amines) is 1. The maximum atomic E-state index is 12.8. The number of unbranched alkanes of at least 4 members (excludes halogenated alkanes) is 5. The number of para-hydroxylation sites is 1. The third kappa shape index (κ3) is 14.5. The Hall–Kier alpha value is -2.16. The summed E-state index contributed by atoms with van der Waals surface area (Å²) >= 11 is 0. The van der Waals surface area contributed by atoms with Gasteiger partial charge in [-0.25, -0.2) is 0 Å². The van der Waals surface area contributed by atoms with Crippen molar-refractivity contribution in [2.24, 2.45) is 11.7 Å².